The van der Waals surface area contributed by atoms with Crippen molar-refractivity contribution in [2.45, 2.75) is 0 Å². The first-order chi connectivity index (χ1) is 7.66. The third kappa shape index (κ3) is 3.01. The largest absolute Gasteiger partial charge is 0.330 e. The normalized spacial score (nSPS) is 18.6. The Hall–Kier alpha value is -1.47. The number of sulfone groups is 1. The van der Waals surface area contributed by atoms with Crippen LogP contribution in [0.15, 0.2) is 30.3 Å². The van der Waals surface area contributed by atoms with E-state index in [4.69, 9.17) is 0 Å². The maximum atomic E-state index is 11.2. The zero-order valence-corrected chi connectivity index (χ0v) is 9.70. The van der Waals surface area contributed by atoms with Crippen molar-refractivity contribution in [1.29, 1.82) is 0 Å². The highest BCUT2D eigenvalue weighted by Gasteiger charge is 2.19. The van der Waals surface area contributed by atoms with Crippen LogP contribution in [0.1, 0.15) is 5.56 Å². The maximum Gasteiger partial charge on any atom is 0.153 e. The molecule has 1 aromatic carbocycles. The summed E-state index contributed by atoms with van der Waals surface area (Å²) in [4.78, 5) is 1.87. The summed E-state index contributed by atoms with van der Waals surface area (Å²) in [6.45, 7) is 1.03. The van der Waals surface area contributed by atoms with Crippen LogP contribution in [0.25, 0.3) is 0 Å². The van der Waals surface area contributed by atoms with Crippen LogP contribution in [0.2, 0.25) is 0 Å². The van der Waals surface area contributed by atoms with Crippen molar-refractivity contribution in [2.75, 3.05) is 24.6 Å². The fourth-order valence-corrected chi connectivity index (χ4v) is 2.69. The highest BCUT2D eigenvalue weighted by molar-refractivity contribution is 7.91. The van der Waals surface area contributed by atoms with Gasteiger partial charge in [0.2, 0.25) is 0 Å². The highest BCUT2D eigenvalue weighted by atomic mass is 32.2. The Morgan fingerprint density at radius 3 is 2.31 bits per heavy atom. The molecule has 1 saturated heterocycles. The predicted octanol–water partition coefficient (Wildman–Crippen LogP) is 0.726. The topological polar surface area (TPSA) is 37.4 Å². The van der Waals surface area contributed by atoms with Gasteiger partial charge in [0.15, 0.2) is 9.84 Å². The Bertz CT molecular complexity index is 497. The lowest BCUT2D eigenvalue weighted by molar-refractivity contribution is 0.424. The number of hydrogen-bond donors (Lipinski definition) is 0. The van der Waals surface area contributed by atoms with E-state index >= 15 is 0 Å². The van der Waals surface area contributed by atoms with Gasteiger partial charge in [-0.05, 0) is 18.1 Å². The van der Waals surface area contributed by atoms with Gasteiger partial charge in [-0.3, -0.25) is 0 Å². The van der Waals surface area contributed by atoms with Crippen molar-refractivity contribution >= 4 is 9.84 Å². The molecule has 3 nitrogen and oxygen atoms in total. The number of nitrogens with zero attached hydrogens (tertiary/aromatic N) is 1. The Balaban J connectivity index is 2.00. The summed E-state index contributed by atoms with van der Waals surface area (Å²) in [5.74, 6) is 3.46. The van der Waals surface area contributed by atoms with E-state index in [0.29, 0.717) is 13.1 Å². The van der Waals surface area contributed by atoms with Crippen LogP contribution in [-0.2, 0) is 9.84 Å². The lowest BCUT2D eigenvalue weighted by Gasteiger charge is -2.22. The van der Waals surface area contributed by atoms with Crippen LogP contribution >= 0.6 is 0 Å². The molecule has 0 spiro atoms. The summed E-state index contributed by atoms with van der Waals surface area (Å²) in [7, 11) is -2.81. The van der Waals surface area contributed by atoms with Gasteiger partial charge in [0.1, 0.15) is 0 Å². The van der Waals surface area contributed by atoms with Crippen molar-refractivity contribution in [1.82, 2.24) is 4.90 Å². The van der Waals surface area contributed by atoms with Crippen LogP contribution < -0.4 is 0 Å². The molecule has 16 heavy (non-hydrogen) atoms. The molecule has 1 heterocycles. The van der Waals surface area contributed by atoms with E-state index in [1.165, 1.54) is 0 Å². The van der Waals surface area contributed by atoms with Gasteiger partial charge in [-0.25, -0.2) is 8.42 Å². The van der Waals surface area contributed by atoms with E-state index in [9.17, 15) is 8.42 Å². The second-order valence-corrected chi connectivity index (χ2v) is 6.05. The molecule has 0 atom stereocenters. The minimum atomic E-state index is -2.81. The third-order valence-electron chi connectivity index (χ3n) is 2.48. The minimum Gasteiger partial charge on any atom is -0.330 e. The Morgan fingerprint density at radius 1 is 1.06 bits per heavy atom. The molecule has 1 aliphatic rings. The molecule has 0 saturated carbocycles. The van der Waals surface area contributed by atoms with E-state index in [2.05, 4.69) is 12.0 Å². The van der Waals surface area contributed by atoms with Gasteiger partial charge >= 0.3 is 0 Å². The first-order valence-corrected chi connectivity index (χ1v) is 7.00. The Morgan fingerprint density at radius 2 is 1.69 bits per heavy atom. The minimum absolute atomic E-state index is 0.219. The second-order valence-electron chi connectivity index (χ2n) is 3.74. The Labute approximate surface area is 96.0 Å². The SMILES string of the molecule is O=S1(=O)CCN(C#Cc2ccccc2)CC1. The molecule has 4 heteroatoms. The lowest BCUT2D eigenvalue weighted by Crippen LogP contribution is -2.37. The summed E-state index contributed by atoms with van der Waals surface area (Å²) >= 11 is 0. The molecule has 1 aromatic rings. The van der Waals surface area contributed by atoms with Gasteiger partial charge < -0.3 is 4.90 Å². The molecule has 2 rings (SSSR count). The van der Waals surface area contributed by atoms with Gasteiger partial charge in [-0.1, -0.05) is 18.2 Å². The summed E-state index contributed by atoms with van der Waals surface area (Å²) in [5, 5.41) is 0. The summed E-state index contributed by atoms with van der Waals surface area (Å²) in [6, 6.07) is 12.7. The van der Waals surface area contributed by atoms with Crippen LogP contribution in [0.4, 0.5) is 0 Å². The molecule has 0 unspecified atom stereocenters. The molecular weight excluding hydrogens is 222 g/mol. The van der Waals surface area contributed by atoms with Gasteiger partial charge in [0.05, 0.1) is 11.5 Å². The summed E-state index contributed by atoms with van der Waals surface area (Å²) in [6.07, 6.45) is 0. The fraction of sp³-hybridized carbons (Fsp3) is 0.333. The molecule has 0 amide bonds. The molecule has 84 valence electrons. The van der Waals surface area contributed by atoms with Crippen LogP contribution in [0, 0.1) is 12.0 Å². The third-order valence-corrected chi connectivity index (χ3v) is 4.09. The number of hydrogen-bond acceptors (Lipinski definition) is 3. The monoisotopic (exact) mass is 235 g/mol. The van der Waals surface area contributed by atoms with E-state index in [1.54, 1.807) is 0 Å². The van der Waals surface area contributed by atoms with Crippen molar-refractivity contribution in [3.63, 3.8) is 0 Å². The average molecular weight is 235 g/mol. The first kappa shape index (κ1) is 11.0. The zero-order valence-electron chi connectivity index (χ0n) is 8.89. The quantitative estimate of drug-likeness (QED) is 0.622. The highest BCUT2D eigenvalue weighted by Crippen LogP contribution is 2.02. The van der Waals surface area contributed by atoms with Gasteiger partial charge in [0.25, 0.3) is 0 Å². The van der Waals surface area contributed by atoms with Crippen molar-refractivity contribution in [3.05, 3.63) is 35.9 Å². The molecule has 0 aromatic heterocycles. The molecular formula is C12H13NO2S. The van der Waals surface area contributed by atoms with E-state index in [1.807, 2.05) is 35.2 Å². The van der Waals surface area contributed by atoms with Crippen LogP contribution in [-0.4, -0.2) is 37.9 Å². The lowest BCUT2D eigenvalue weighted by atomic mass is 10.2. The van der Waals surface area contributed by atoms with Gasteiger partial charge in [-0.15, -0.1) is 0 Å². The average Bonchev–Trinajstić information content (AvgIpc) is 2.29. The van der Waals surface area contributed by atoms with Crippen molar-refractivity contribution in [3.8, 4) is 12.0 Å². The number of benzene rings is 1. The zero-order chi connectivity index (χ0) is 11.4. The molecule has 0 aliphatic carbocycles. The second kappa shape index (κ2) is 4.58. The first-order valence-electron chi connectivity index (χ1n) is 5.18. The van der Waals surface area contributed by atoms with Gasteiger partial charge in [-0.2, -0.15) is 0 Å². The summed E-state index contributed by atoms with van der Waals surface area (Å²) < 4.78 is 22.4. The van der Waals surface area contributed by atoms with Crippen LogP contribution in [0.5, 0.6) is 0 Å². The smallest absolute Gasteiger partial charge is 0.153 e. The molecule has 1 fully saturated rings. The fourth-order valence-electron chi connectivity index (χ4n) is 1.49. The van der Waals surface area contributed by atoms with Crippen molar-refractivity contribution in [2.24, 2.45) is 0 Å². The molecule has 0 N–H and O–H groups in total. The molecule has 1 aliphatic heterocycles. The van der Waals surface area contributed by atoms with E-state index < -0.39 is 9.84 Å². The maximum absolute atomic E-state index is 11.2. The molecule has 0 bridgehead atoms. The van der Waals surface area contributed by atoms with Gasteiger partial charge in [0, 0.05) is 24.7 Å². The van der Waals surface area contributed by atoms with E-state index in [0.717, 1.165) is 5.56 Å². The predicted molar refractivity (Wildman–Crippen MR) is 63.5 cm³/mol. The Kier molecular flexibility index (Phi) is 3.16. The standard InChI is InChI=1S/C12H13NO2S/c14-16(15)10-8-13(9-11-16)7-6-12-4-2-1-3-5-12/h1-5H,8-11H2. The van der Waals surface area contributed by atoms with E-state index in [-0.39, 0.29) is 11.5 Å². The molecule has 0 radical (unpaired) electrons. The number of rotatable bonds is 0. The van der Waals surface area contributed by atoms with Crippen molar-refractivity contribution < 1.29 is 8.42 Å². The summed E-state index contributed by atoms with van der Waals surface area (Å²) in [5.41, 5.74) is 0.955. The van der Waals surface area contributed by atoms with Crippen LogP contribution in [0.3, 0.4) is 0 Å².